The number of rotatable bonds is 4. The highest BCUT2D eigenvalue weighted by atomic mass is 16.6. The molecule has 1 heterocycles. The molecule has 0 atom stereocenters. The molecule has 0 aromatic heterocycles. The van der Waals surface area contributed by atoms with Crippen LogP contribution in [0.3, 0.4) is 0 Å². The lowest BCUT2D eigenvalue weighted by molar-refractivity contribution is -0.113. The fraction of sp³-hybridized carbons (Fsp3) is 0.375. The number of ether oxygens (including phenoxy) is 1. The van der Waals surface area contributed by atoms with Gasteiger partial charge in [0.1, 0.15) is 5.60 Å². The van der Waals surface area contributed by atoms with Crippen molar-refractivity contribution in [2.45, 2.75) is 39.2 Å². The number of anilines is 1. The van der Waals surface area contributed by atoms with Crippen molar-refractivity contribution in [2.75, 3.05) is 5.32 Å². The van der Waals surface area contributed by atoms with Gasteiger partial charge >= 0.3 is 6.09 Å². The number of fused-ring (bicyclic) bond motifs is 1. The van der Waals surface area contributed by atoms with Crippen LogP contribution in [0.5, 0.6) is 0 Å². The Morgan fingerprint density at radius 1 is 1.43 bits per heavy atom. The molecule has 3 N–H and O–H groups in total. The number of benzene rings is 1. The van der Waals surface area contributed by atoms with Gasteiger partial charge in [0.25, 0.3) is 0 Å². The third-order valence-corrected chi connectivity index (χ3v) is 3.46. The molecule has 0 saturated heterocycles. The Hall–Kier alpha value is -2.30. The second-order valence-electron chi connectivity index (χ2n) is 5.61. The van der Waals surface area contributed by atoms with Gasteiger partial charge in [0.05, 0.1) is 5.69 Å². The first-order valence-corrected chi connectivity index (χ1v) is 6.98. The predicted octanol–water partition coefficient (Wildman–Crippen LogP) is 3.15. The van der Waals surface area contributed by atoms with E-state index in [1.54, 1.807) is 0 Å². The second kappa shape index (κ2) is 5.60. The third kappa shape index (κ3) is 3.24. The Morgan fingerprint density at radius 3 is 2.76 bits per heavy atom. The van der Waals surface area contributed by atoms with Gasteiger partial charge in [-0.1, -0.05) is 19.4 Å². The number of carbonyl (C=O) groups is 2. The summed E-state index contributed by atoms with van der Waals surface area (Å²) in [6.45, 7) is 5.72. The topological polar surface area (TPSA) is 81.4 Å². The number of primary amides is 1. The molecule has 2 rings (SSSR count). The first-order valence-electron chi connectivity index (χ1n) is 6.98. The Morgan fingerprint density at radius 2 is 2.14 bits per heavy atom. The van der Waals surface area contributed by atoms with Crippen molar-refractivity contribution in [3.8, 4) is 0 Å². The van der Waals surface area contributed by atoms with Crippen LogP contribution in [-0.4, -0.2) is 12.0 Å². The van der Waals surface area contributed by atoms with Crippen LogP contribution < -0.4 is 11.1 Å². The number of hydrogen-bond donors (Lipinski definition) is 2. The number of hydrogen-bond acceptors (Lipinski definition) is 3. The molecule has 0 fully saturated rings. The van der Waals surface area contributed by atoms with E-state index in [9.17, 15) is 9.59 Å². The molecule has 1 aliphatic heterocycles. The van der Waals surface area contributed by atoms with E-state index >= 15 is 0 Å². The van der Waals surface area contributed by atoms with Gasteiger partial charge in [-0.25, -0.2) is 4.79 Å². The van der Waals surface area contributed by atoms with Crippen molar-refractivity contribution >= 4 is 23.3 Å². The van der Waals surface area contributed by atoms with Crippen molar-refractivity contribution in [2.24, 2.45) is 5.73 Å². The summed E-state index contributed by atoms with van der Waals surface area (Å²) in [5, 5.41) is 2.68. The van der Waals surface area contributed by atoms with Gasteiger partial charge in [-0.2, -0.15) is 0 Å². The van der Waals surface area contributed by atoms with E-state index in [0.29, 0.717) is 0 Å². The Labute approximate surface area is 124 Å². The van der Waals surface area contributed by atoms with Crippen LogP contribution in [0.15, 0.2) is 24.3 Å². The second-order valence-corrected chi connectivity index (χ2v) is 5.61. The molecule has 0 spiro atoms. The van der Waals surface area contributed by atoms with Crippen molar-refractivity contribution in [3.63, 3.8) is 0 Å². The van der Waals surface area contributed by atoms with Crippen LogP contribution in [0.4, 0.5) is 10.5 Å². The summed E-state index contributed by atoms with van der Waals surface area (Å²) in [7, 11) is 0. The smallest absolute Gasteiger partial charge is 0.412 e. The highest BCUT2D eigenvalue weighted by molar-refractivity contribution is 5.95. The number of amides is 2. The van der Waals surface area contributed by atoms with E-state index in [0.717, 1.165) is 35.2 Å². The first-order chi connectivity index (χ1) is 9.83. The van der Waals surface area contributed by atoms with E-state index in [1.807, 2.05) is 39.0 Å². The monoisotopic (exact) mass is 288 g/mol. The minimum atomic E-state index is -0.711. The number of allylic oxidation sites excluding steroid dienone is 1. The largest absolute Gasteiger partial charge is 0.438 e. The van der Waals surface area contributed by atoms with E-state index in [1.165, 1.54) is 6.08 Å². The molecule has 0 unspecified atom stereocenters. The molecule has 1 aliphatic rings. The number of cyclic esters (lactones) is 1. The molecule has 1 aromatic carbocycles. The molecule has 5 nitrogen and oxygen atoms in total. The summed E-state index contributed by atoms with van der Waals surface area (Å²) in [4.78, 5) is 22.7. The Bertz CT molecular complexity index is 618. The van der Waals surface area contributed by atoms with Crippen molar-refractivity contribution < 1.29 is 14.3 Å². The lowest BCUT2D eigenvalue weighted by atomic mass is 9.90. The van der Waals surface area contributed by atoms with Crippen LogP contribution in [0.2, 0.25) is 0 Å². The summed E-state index contributed by atoms with van der Waals surface area (Å²) < 4.78 is 5.31. The standard InChI is InChI=1S/C16H20N2O3/c1-4-5-10(9-14(17)19)11-6-7-13-12(8-11)16(2,3)21-15(20)18-13/h6-9H,4-5H2,1-3H3,(H2,17,19)(H,18,20). The van der Waals surface area contributed by atoms with Crippen LogP contribution in [0.25, 0.3) is 5.57 Å². The molecule has 1 aromatic rings. The van der Waals surface area contributed by atoms with Gasteiger partial charge in [-0.15, -0.1) is 0 Å². The van der Waals surface area contributed by atoms with Crippen LogP contribution in [0, 0.1) is 0 Å². The Kier molecular flexibility index (Phi) is 4.02. The van der Waals surface area contributed by atoms with E-state index in [-0.39, 0.29) is 0 Å². The lowest BCUT2D eigenvalue weighted by Crippen LogP contribution is -2.34. The van der Waals surface area contributed by atoms with Gasteiger partial charge in [-0.05, 0) is 43.5 Å². The number of nitrogens with one attached hydrogen (secondary N) is 1. The van der Waals surface area contributed by atoms with Crippen molar-refractivity contribution in [1.29, 1.82) is 0 Å². The van der Waals surface area contributed by atoms with Gasteiger partial charge in [-0.3, -0.25) is 10.1 Å². The quantitative estimate of drug-likeness (QED) is 0.835. The summed E-state index contributed by atoms with van der Waals surface area (Å²) in [5.41, 5.74) is 7.98. The molecule has 0 bridgehead atoms. The van der Waals surface area contributed by atoms with Gasteiger partial charge < -0.3 is 10.5 Å². The van der Waals surface area contributed by atoms with E-state index < -0.39 is 17.6 Å². The average molecular weight is 288 g/mol. The molecule has 5 heteroatoms. The first kappa shape index (κ1) is 15.1. The van der Waals surface area contributed by atoms with Crippen LogP contribution in [0.1, 0.15) is 44.7 Å². The lowest BCUT2D eigenvalue weighted by Gasteiger charge is -2.33. The summed E-state index contributed by atoms with van der Waals surface area (Å²) >= 11 is 0. The van der Waals surface area contributed by atoms with Gasteiger partial charge in [0, 0.05) is 11.6 Å². The molecule has 2 amide bonds. The van der Waals surface area contributed by atoms with E-state index in [2.05, 4.69) is 5.32 Å². The average Bonchev–Trinajstić information content (AvgIpc) is 2.36. The fourth-order valence-corrected chi connectivity index (χ4v) is 2.51. The minimum Gasteiger partial charge on any atom is -0.438 e. The molecular weight excluding hydrogens is 268 g/mol. The van der Waals surface area contributed by atoms with Gasteiger partial charge in [0.15, 0.2) is 0 Å². The maximum atomic E-state index is 11.5. The number of nitrogens with two attached hydrogens (primary N) is 1. The summed E-state index contributed by atoms with van der Waals surface area (Å²) in [5.74, 6) is -0.458. The Balaban J connectivity index is 2.49. The molecule has 0 aliphatic carbocycles. The molecule has 21 heavy (non-hydrogen) atoms. The maximum absolute atomic E-state index is 11.5. The maximum Gasteiger partial charge on any atom is 0.412 e. The highest BCUT2D eigenvalue weighted by Gasteiger charge is 2.33. The molecular formula is C16H20N2O3. The summed E-state index contributed by atoms with van der Waals surface area (Å²) in [6, 6.07) is 5.65. The zero-order valence-electron chi connectivity index (χ0n) is 12.5. The van der Waals surface area contributed by atoms with Gasteiger partial charge in [0.2, 0.25) is 5.91 Å². The summed E-state index contributed by atoms with van der Waals surface area (Å²) in [6.07, 6.45) is 2.67. The predicted molar refractivity (Wildman–Crippen MR) is 81.7 cm³/mol. The fourth-order valence-electron chi connectivity index (χ4n) is 2.51. The van der Waals surface area contributed by atoms with Crippen molar-refractivity contribution in [3.05, 3.63) is 35.4 Å². The zero-order chi connectivity index (χ0) is 15.6. The number of carbonyl (C=O) groups excluding carboxylic acids is 2. The van der Waals surface area contributed by atoms with Crippen molar-refractivity contribution in [1.82, 2.24) is 0 Å². The van der Waals surface area contributed by atoms with Crippen LogP contribution in [-0.2, 0) is 15.1 Å². The third-order valence-electron chi connectivity index (χ3n) is 3.46. The molecule has 0 radical (unpaired) electrons. The zero-order valence-corrected chi connectivity index (χ0v) is 12.5. The SMILES string of the molecule is CCCC(=CC(N)=O)c1ccc2c(c1)C(C)(C)OC(=O)N2. The van der Waals surface area contributed by atoms with E-state index in [4.69, 9.17) is 10.5 Å². The molecule has 112 valence electrons. The minimum absolute atomic E-state index is 0.457. The van der Waals surface area contributed by atoms with Crippen LogP contribution >= 0.6 is 0 Å². The normalized spacial score (nSPS) is 16.7. The highest BCUT2D eigenvalue weighted by Crippen LogP contribution is 2.37. The molecule has 0 saturated carbocycles.